The first-order valence-corrected chi connectivity index (χ1v) is 11.8. The SMILES string of the molecule is CN1CC[C@@]2(C)c3cc(O)ccc3C[C@@H]1[C@H]2Nc1ccc(CCS(N)(=O)=O)cc1. The largest absolute Gasteiger partial charge is 0.508 e. The van der Waals surface area contributed by atoms with Gasteiger partial charge in [-0.3, -0.25) is 0 Å². The molecule has 6 nitrogen and oxygen atoms in total. The molecule has 0 unspecified atom stereocenters. The van der Waals surface area contributed by atoms with Crippen molar-refractivity contribution in [2.24, 2.45) is 5.14 Å². The Morgan fingerprint density at radius 1 is 1.24 bits per heavy atom. The minimum atomic E-state index is -3.45. The van der Waals surface area contributed by atoms with Crippen molar-refractivity contribution in [1.82, 2.24) is 4.90 Å². The van der Waals surface area contributed by atoms with Crippen molar-refractivity contribution in [1.29, 1.82) is 0 Å². The van der Waals surface area contributed by atoms with E-state index in [0.717, 1.165) is 30.6 Å². The first-order chi connectivity index (χ1) is 13.7. The molecule has 4 rings (SSSR count). The molecule has 1 saturated heterocycles. The van der Waals surface area contributed by atoms with Crippen LogP contribution < -0.4 is 10.5 Å². The number of rotatable bonds is 5. The summed E-state index contributed by atoms with van der Waals surface area (Å²) in [5, 5.41) is 18.9. The van der Waals surface area contributed by atoms with Gasteiger partial charge in [0.2, 0.25) is 10.0 Å². The maximum atomic E-state index is 11.2. The molecule has 0 radical (unpaired) electrons. The molecular formula is C22H29N3O3S. The normalized spacial score (nSPS) is 26.7. The molecule has 2 aromatic rings. The van der Waals surface area contributed by atoms with Crippen LogP contribution in [0.25, 0.3) is 0 Å². The van der Waals surface area contributed by atoms with Gasteiger partial charge >= 0.3 is 0 Å². The Kier molecular flexibility index (Phi) is 5.09. The Balaban J connectivity index is 1.59. The number of sulfonamides is 1. The summed E-state index contributed by atoms with van der Waals surface area (Å²) in [5.41, 5.74) is 4.45. The van der Waals surface area contributed by atoms with E-state index in [-0.39, 0.29) is 17.2 Å². The molecule has 1 aliphatic heterocycles. The maximum absolute atomic E-state index is 11.2. The number of hydrogen-bond acceptors (Lipinski definition) is 5. The highest BCUT2D eigenvalue weighted by Gasteiger charge is 2.50. The number of phenols is 1. The van der Waals surface area contributed by atoms with Crippen LogP contribution >= 0.6 is 0 Å². The third-order valence-electron chi connectivity index (χ3n) is 6.71. The number of piperidine rings is 1. The average Bonchev–Trinajstić information content (AvgIpc) is 2.66. The molecule has 7 heteroatoms. The van der Waals surface area contributed by atoms with Crippen LogP contribution in [0.5, 0.6) is 5.75 Å². The molecular weight excluding hydrogens is 386 g/mol. The second-order valence-corrected chi connectivity index (χ2v) is 10.4. The molecule has 3 atom stereocenters. The lowest BCUT2D eigenvalue weighted by Gasteiger charge is -2.55. The Morgan fingerprint density at radius 3 is 2.66 bits per heavy atom. The number of likely N-dealkylation sites (N-methyl/N-ethyl adjacent to an activating group) is 1. The highest BCUT2D eigenvalue weighted by atomic mass is 32.2. The van der Waals surface area contributed by atoms with Gasteiger partial charge in [-0.05, 0) is 73.8 Å². The summed E-state index contributed by atoms with van der Waals surface area (Å²) in [6, 6.07) is 14.3. The number of benzene rings is 2. The smallest absolute Gasteiger partial charge is 0.209 e. The highest BCUT2D eigenvalue weighted by Crippen LogP contribution is 2.46. The summed E-state index contributed by atoms with van der Waals surface area (Å²) < 4.78 is 22.4. The molecule has 2 aliphatic rings. The lowest BCUT2D eigenvalue weighted by atomic mass is 9.61. The number of likely N-dealkylation sites (tertiary alicyclic amines) is 1. The Bertz CT molecular complexity index is 1010. The molecule has 2 aromatic carbocycles. The molecule has 2 bridgehead atoms. The topological polar surface area (TPSA) is 95.7 Å². The minimum absolute atomic E-state index is 0.0480. The summed E-state index contributed by atoms with van der Waals surface area (Å²) in [5.74, 6) is 0.272. The number of anilines is 1. The molecule has 1 aliphatic carbocycles. The van der Waals surface area contributed by atoms with Crippen LogP contribution in [-0.2, 0) is 28.3 Å². The van der Waals surface area contributed by atoms with Crippen molar-refractivity contribution in [3.63, 3.8) is 0 Å². The Labute approximate surface area is 172 Å². The predicted molar refractivity (Wildman–Crippen MR) is 116 cm³/mol. The van der Waals surface area contributed by atoms with Crippen molar-refractivity contribution in [2.75, 3.05) is 24.7 Å². The van der Waals surface area contributed by atoms with Gasteiger partial charge in [0.05, 0.1) is 11.8 Å². The lowest BCUT2D eigenvalue weighted by molar-refractivity contribution is 0.0958. The van der Waals surface area contributed by atoms with Crippen molar-refractivity contribution >= 4 is 15.7 Å². The van der Waals surface area contributed by atoms with Gasteiger partial charge in [-0.2, -0.15) is 0 Å². The molecule has 4 N–H and O–H groups in total. The van der Waals surface area contributed by atoms with E-state index in [1.165, 1.54) is 11.1 Å². The molecule has 156 valence electrons. The molecule has 0 spiro atoms. The van der Waals surface area contributed by atoms with Crippen LogP contribution in [0.4, 0.5) is 5.69 Å². The van der Waals surface area contributed by atoms with Crippen molar-refractivity contribution in [2.45, 2.75) is 43.7 Å². The van der Waals surface area contributed by atoms with Gasteiger partial charge in [0.15, 0.2) is 0 Å². The third kappa shape index (κ3) is 3.99. The first kappa shape index (κ1) is 20.2. The summed E-state index contributed by atoms with van der Waals surface area (Å²) >= 11 is 0. The lowest BCUT2D eigenvalue weighted by Crippen LogP contribution is -2.63. The van der Waals surface area contributed by atoms with E-state index in [9.17, 15) is 13.5 Å². The monoisotopic (exact) mass is 415 g/mol. The van der Waals surface area contributed by atoms with Crippen molar-refractivity contribution in [3.8, 4) is 5.75 Å². The number of phenolic OH excluding ortho intramolecular Hbond substituents is 1. The second-order valence-electron chi connectivity index (χ2n) is 8.70. The Morgan fingerprint density at radius 2 is 1.97 bits per heavy atom. The fourth-order valence-electron chi connectivity index (χ4n) is 4.95. The van der Waals surface area contributed by atoms with E-state index in [4.69, 9.17) is 5.14 Å². The number of nitrogens with two attached hydrogens (primary N) is 1. The van der Waals surface area contributed by atoms with E-state index >= 15 is 0 Å². The fourth-order valence-corrected chi connectivity index (χ4v) is 5.47. The maximum Gasteiger partial charge on any atom is 0.209 e. The van der Waals surface area contributed by atoms with Gasteiger partial charge in [0.25, 0.3) is 0 Å². The van der Waals surface area contributed by atoms with Crippen molar-refractivity contribution < 1.29 is 13.5 Å². The molecule has 0 amide bonds. The van der Waals surface area contributed by atoms with Gasteiger partial charge in [-0.25, -0.2) is 13.6 Å². The first-order valence-electron chi connectivity index (χ1n) is 10.0. The number of aryl methyl sites for hydroxylation is 1. The van der Waals surface area contributed by atoms with E-state index in [0.29, 0.717) is 18.2 Å². The zero-order chi connectivity index (χ0) is 20.8. The number of fused-ring (bicyclic) bond motifs is 4. The molecule has 0 aromatic heterocycles. The predicted octanol–water partition coefficient (Wildman–Crippen LogP) is 2.22. The average molecular weight is 416 g/mol. The summed E-state index contributed by atoms with van der Waals surface area (Å²) in [6.07, 6.45) is 2.38. The van der Waals surface area contributed by atoms with Crippen LogP contribution in [0.1, 0.15) is 30.0 Å². The van der Waals surface area contributed by atoms with E-state index in [2.05, 4.69) is 30.3 Å². The zero-order valence-corrected chi connectivity index (χ0v) is 17.7. The molecule has 29 heavy (non-hydrogen) atoms. The van der Waals surface area contributed by atoms with Crippen LogP contribution in [0.15, 0.2) is 42.5 Å². The number of hydrogen-bond donors (Lipinski definition) is 3. The number of aromatic hydroxyl groups is 1. The summed E-state index contributed by atoms with van der Waals surface area (Å²) in [6.45, 7) is 3.32. The van der Waals surface area contributed by atoms with Gasteiger partial charge in [-0.15, -0.1) is 0 Å². The summed E-state index contributed by atoms with van der Waals surface area (Å²) in [7, 11) is -1.27. The third-order valence-corrected chi connectivity index (χ3v) is 7.48. The molecule has 0 saturated carbocycles. The van der Waals surface area contributed by atoms with Crippen LogP contribution in [0, 0.1) is 0 Å². The second kappa shape index (κ2) is 7.31. The quantitative estimate of drug-likeness (QED) is 0.696. The minimum Gasteiger partial charge on any atom is -0.508 e. The van der Waals surface area contributed by atoms with Gasteiger partial charge < -0.3 is 15.3 Å². The van der Waals surface area contributed by atoms with Crippen molar-refractivity contribution in [3.05, 3.63) is 59.2 Å². The fraction of sp³-hybridized carbons (Fsp3) is 0.455. The number of primary sulfonamides is 1. The van der Waals surface area contributed by atoms with E-state index in [1.54, 1.807) is 6.07 Å². The van der Waals surface area contributed by atoms with E-state index < -0.39 is 10.0 Å². The number of nitrogens with zero attached hydrogens (tertiary/aromatic N) is 1. The van der Waals surface area contributed by atoms with Crippen LogP contribution in [0.2, 0.25) is 0 Å². The molecule has 1 fully saturated rings. The summed E-state index contributed by atoms with van der Waals surface area (Å²) in [4.78, 5) is 2.43. The number of nitrogens with one attached hydrogen (secondary N) is 1. The van der Waals surface area contributed by atoms with Gasteiger partial charge in [-0.1, -0.05) is 25.1 Å². The van der Waals surface area contributed by atoms with Crippen LogP contribution in [-0.4, -0.2) is 49.9 Å². The van der Waals surface area contributed by atoms with Gasteiger partial charge in [0, 0.05) is 17.1 Å². The highest BCUT2D eigenvalue weighted by molar-refractivity contribution is 7.89. The van der Waals surface area contributed by atoms with E-state index in [1.807, 2.05) is 30.3 Å². The Hall–Kier alpha value is -2.09. The van der Waals surface area contributed by atoms with Gasteiger partial charge in [0.1, 0.15) is 5.75 Å². The zero-order valence-electron chi connectivity index (χ0n) is 16.9. The van der Waals surface area contributed by atoms with Crippen LogP contribution in [0.3, 0.4) is 0 Å². The standard InChI is InChI=1S/C22H29N3O3S/c1-22-10-11-25(2)20(13-16-5-8-18(26)14-19(16)22)21(22)24-17-6-3-15(4-7-17)9-12-29(23,27)28/h3-8,14,20-21,24,26H,9-13H2,1-2H3,(H2,23,27,28)/t20-,21-,22+/m1/s1. The molecule has 1 heterocycles.